The van der Waals surface area contributed by atoms with Crippen LogP contribution in [-0.2, 0) is 18.0 Å². The van der Waals surface area contributed by atoms with Crippen LogP contribution in [0.25, 0.3) is 0 Å². The Kier molecular flexibility index (Phi) is 6.62. The average molecular weight is 316 g/mol. The van der Waals surface area contributed by atoms with Crippen molar-refractivity contribution in [3.63, 3.8) is 0 Å². The van der Waals surface area contributed by atoms with Crippen molar-refractivity contribution in [2.45, 2.75) is 39.3 Å². The lowest BCUT2D eigenvalue weighted by molar-refractivity contribution is 0.158. The summed E-state index contributed by atoms with van der Waals surface area (Å²) in [6.07, 6.45) is 0. The molecule has 0 radical (unpaired) electrons. The largest absolute Gasteiger partial charge is 0.400 e. The van der Waals surface area contributed by atoms with Gasteiger partial charge < -0.3 is 13.5 Å². The highest BCUT2D eigenvalue weighted by molar-refractivity contribution is 7.54. The smallest absolute Gasteiger partial charge is 0.362 e. The molecular formula is C14H25O4PSi. The van der Waals surface area contributed by atoms with E-state index in [2.05, 4.69) is 19.6 Å². The minimum absolute atomic E-state index is 0.329. The van der Waals surface area contributed by atoms with Crippen LogP contribution >= 0.6 is 7.60 Å². The molecule has 0 aliphatic rings. The Hall–Kier alpha value is -0.453. The van der Waals surface area contributed by atoms with Gasteiger partial charge in [0.15, 0.2) is 14.2 Å². The van der Waals surface area contributed by atoms with Crippen molar-refractivity contribution in [1.82, 2.24) is 0 Å². The third-order valence-corrected chi connectivity index (χ3v) is 5.81. The van der Waals surface area contributed by atoms with Crippen LogP contribution < -0.4 is 0 Å². The van der Waals surface area contributed by atoms with Crippen molar-refractivity contribution in [2.75, 3.05) is 13.2 Å². The van der Waals surface area contributed by atoms with Crippen LogP contribution in [0.3, 0.4) is 0 Å². The molecule has 0 amide bonds. The first-order valence-electron chi connectivity index (χ1n) is 6.94. The highest BCUT2D eigenvalue weighted by Gasteiger charge is 2.40. The van der Waals surface area contributed by atoms with E-state index in [1.807, 2.05) is 44.2 Å². The molecule has 0 bridgehead atoms. The van der Waals surface area contributed by atoms with E-state index in [0.717, 1.165) is 5.56 Å². The lowest BCUT2D eigenvalue weighted by Crippen LogP contribution is -2.28. The van der Waals surface area contributed by atoms with E-state index in [-0.39, 0.29) is 0 Å². The first-order valence-corrected chi connectivity index (χ1v) is 12.0. The van der Waals surface area contributed by atoms with Crippen molar-refractivity contribution in [3.05, 3.63) is 35.9 Å². The molecule has 6 heteroatoms. The fourth-order valence-electron chi connectivity index (χ4n) is 1.80. The molecular weight excluding hydrogens is 291 g/mol. The van der Waals surface area contributed by atoms with Crippen molar-refractivity contribution in [2.24, 2.45) is 0 Å². The SMILES string of the molecule is CCOP(=O)(OCC)[C@H](O[Si](C)(C)C)c1ccccc1. The van der Waals surface area contributed by atoms with E-state index in [4.69, 9.17) is 13.5 Å². The van der Waals surface area contributed by atoms with Gasteiger partial charge in [-0.3, -0.25) is 4.57 Å². The molecule has 0 saturated carbocycles. The summed E-state index contributed by atoms with van der Waals surface area (Å²) in [5, 5.41) is 0. The summed E-state index contributed by atoms with van der Waals surface area (Å²) in [5.74, 6) is -0.657. The van der Waals surface area contributed by atoms with Gasteiger partial charge in [-0.2, -0.15) is 0 Å². The topological polar surface area (TPSA) is 44.8 Å². The predicted octanol–water partition coefficient (Wildman–Crippen LogP) is 4.80. The fourth-order valence-corrected chi connectivity index (χ4v) is 5.67. The van der Waals surface area contributed by atoms with Crippen LogP contribution in [0.2, 0.25) is 19.6 Å². The van der Waals surface area contributed by atoms with Gasteiger partial charge in [-0.05, 0) is 39.1 Å². The van der Waals surface area contributed by atoms with Crippen LogP contribution in [0, 0.1) is 0 Å². The van der Waals surface area contributed by atoms with Gasteiger partial charge in [0, 0.05) is 0 Å². The first kappa shape index (κ1) is 17.6. The second kappa shape index (κ2) is 7.53. The molecule has 0 spiro atoms. The van der Waals surface area contributed by atoms with Crippen LogP contribution in [0.4, 0.5) is 0 Å². The minimum Gasteiger partial charge on any atom is -0.400 e. The molecule has 0 fully saturated rings. The van der Waals surface area contributed by atoms with E-state index in [0.29, 0.717) is 13.2 Å². The zero-order valence-corrected chi connectivity index (χ0v) is 14.9. The fraction of sp³-hybridized carbons (Fsp3) is 0.571. The molecule has 0 heterocycles. The van der Waals surface area contributed by atoms with Gasteiger partial charge in [-0.1, -0.05) is 30.3 Å². The molecule has 114 valence electrons. The summed E-state index contributed by atoms with van der Waals surface area (Å²) < 4.78 is 30.1. The van der Waals surface area contributed by atoms with E-state index in [1.54, 1.807) is 0 Å². The molecule has 20 heavy (non-hydrogen) atoms. The molecule has 1 aromatic carbocycles. The predicted molar refractivity (Wildman–Crippen MR) is 84.5 cm³/mol. The van der Waals surface area contributed by atoms with Gasteiger partial charge in [0.05, 0.1) is 13.2 Å². The molecule has 1 aromatic rings. The molecule has 0 aliphatic carbocycles. The van der Waals surface area contributed by atoms with E-state index < -0.39 is 21.8 Å². The number of rotatable bonds is 8. The van der Waals surface area contributed by atoms with Crippen molar-refractivity contribution >= 4 is 15.9 Å². The maximum Gasteiger partial charge on any atom is 0.362 e. The van der Waals surface area contributed by atoms with Crippen LogP contribution in [0.5, 0.6) is 0 Å². The van der Waals surface area contributed by atoms with Gasteiger partial charge >= 0.3 is 7.60 Å². The zero-order valence-electron chi connectivity index (χ0n) is 13.0. The van der Waals surface area contributed by atoms with Gasteiger partial charge in [0.25, 0.3) is 0 Å². The van der Waals surface area contributed by atoms with E-state index in [1.165, 1.54) is 0 Å². The highest BCUT2D eigenvalue weighted by atomic mass is 31.2. The standard InChI is InChI=1S/C14H25O4PSi/c1-6-16-19(15,17-7-2)14(18-20(3,4)5)13-11-9-8-10-12-13/h8-12,14H,6-7H2,1-5H3/t14-/m0/s1. The van der Waals surface area contributed by atoms with Crippen LogP contribution in [0.1, 0.15) is 25.3 Å². The summed E-state index contributed by atoms with van der Waals surface area (Å²) in [4.78, 5) is 0. The third kappa shape index (κ3) is 5.15. The first-order chi connectivity index (χ1) is 9.32. The Morgan fingerprint density at radius 1 is 1.05 bits per heavy atom. The molecule has 0 aromatic heterocycles. The Balaban J connectivity index is 3.18. The Morgan fingerprint density at radius 2 is 1.55 bits per heavy atom. The molecule has 4 nitrogen and oxygen atoms in total. The van der Waals surface area contributed by atoms with Gasteiger partial charge in [-0.15, -0.1) is 0 Å². The zero-order chi connectivity index (χ0) is 15.2. The molecule has 0 N–H and O–H groups in total. The van der Waals surface area contributed by atoms with E-state index >= 15 is 0 Å². The average Bonchev–Trinajstić information content (AvgIpc) is 2.36. The van der Waals surface area contributed by atoms with Crippen molar-refractivity contribution < 1.29 is 18.0 Å². The number of benzene rings is 1. The van der Waals surface area contributed by atoms with Gasteiger partial charge in [0.1, 0.15) is 0 Å². The molecule has 1 atom stereocenters. The monoisotopic (exact) mass is 316 g/mol. The quantitative estimate of drug-likeness (QED) is 0.510. The molecule has 0 unspecified atom stereocenters. The maximum absolute atomic E-state index is 13.0. The van der Waals surface area contributed by atoms with Gasteiger partial charge in [0.2, 0.25) is 0 Å². The summed E-state index contributed by atoms with van der Waals surface area (Å²) in [5.41, 5.74) is 0.833. The second-order valence-corrected chi connectivity index (χ2v) is 11.9. The van der Waals surface area contributed by atoms with Crippen molar-refractivity contribution in [3.8, 4) is 0 Å². The summed E-state index contributed by atoms with van der Waals surface area (Å²) in [6, 6.07) is 9.52. The molecule has 0 saturated heterocycles. The summed E-state index contributed by atoms with van der Waals surface area (Å²) in [7, 11) is -5.24. The van der Waals surface area contributed by atoms with Crippen LogP contribution in [-0.4, -0.2) is 21.5 Å². The minimum atomic E-state index is -3.34. The van der Waals surface area contributed by atoms with Crippen molar-refractivity contribution in [1.29, 1.82) is 0 Å². The summed E-state index contributed by atoms with van der Waals surface area (Å²) >= 11 is 0. The highest BCUT2D eigenvalue weighted by Crippen LogP contribution is 2.62. The molecule has 1 rings (SSSR count). The lowest BCUT2D eigenvalue weighted by atomic mass is 10.2. The van der Waals surface area contributed by atoms with Crippen LogP contribution in [0.15, 0.2) is 30.3 Å². The third-order valence-electron chi connectivity index (χ3n) is 2.46. The summed E-state index contributed by atoms with van der Waals surface area (Å²) in [6.45, 7) is 10.5. The maximum atomic E-state index is 13.0. The lowest BCUT2D eigenvalue weighted by Gasteiger charge is -2.31. The van der Waals surface area contributed by atoms with Gasteiger partial charge in [-0.25, -0.2) is 0 Å². The van der Waals surface area contributed by atoms with E-state index in [9.17, 15) is 4.57 Å². The second-order valence-electron chi connectivity index (χ2n) is 5.37. The number of hydrogen-bond acceptors (Lipinski definition) is 4. The number of hydrogen-bond donors (Lipinski definition) is 0. The normalized spacial score (nSPS) is 14.2. The molecule has 0 aliphatic heterocycles. The Morgan fingerprint density at radius 3 is 1.95 bits per heavy atom. The Bertz CT molecular complexity index is 434. The Labute approximate surface area is 123 Å².